The highest BCUT2D eigenvalue weighted by molar-refractivity contribution is 5.89. The first kappa shape index (κ1) is 13.2. The molecule has 1 aliphatic heterocycles. The van der Waals surface area contributed by atoms with E-state index in [2.05, 4.69) is 11.1 Å². The van der Waals surface area contributed by atoms with Gasteiger partial charge in [0, 0.05) is 5.92 Å². The Kier molecular flexibility index (Phi) is 3.24. The van der Waals surface area contributed by atoms with Crippen molar-refractivity contribution in [2.75, 3.05) is 7.11 Å². The minimum absolute atomic E-state index is 0.226. The molecule has 3 atom stereocenters. The van der Waals surface area contributed by atoms with Gasteiger partial charge in [-0.3, -0.25) is 4.79 Å². The van der Waals surface area contributed by atoms with Gasteiger partial charge in [-0.05, 0) is 42.9 Å². The van der Waals surface area contributed by atoms with Crippen LogP contribution in [-0.2, 0) is 9.53 Å². The zero-order chi connectivity index (χ0) is 14.3. The summed E-state index contributed by atoms with van der Waals surface area (Å²) in [7, 11) is 1.41. The summed E-state index contributed by atoms with van der Waals surface area (Å²) < 4.78 is 4.80. The first-order chi connectivity index (χ1) is 9.61. The fourth-order valence-electron chi connectivity index (χ4n) is 3.46. The predicted molar refractivity (Wildman–Crippen MR) is 78.2 cm³/mol. The molecule has 0 radical (unpaired) electrons. The van der Waals surface area contributed by atoms with Gasteiger partial charge in [-0.2, -0.15) is 0 Å². The SMILES string of the molecule is COC(=O)C(C)c1ccc2c(c1)N=C(N)C1CCCC21. The molecule has 0 amide bonds. The zero-order valence-electron chi connectivity index (χ0n) is 11.9. The second-order valence-corrected chi connectivity index (χ2v) is 5.74. The molecule has 1 saturated carbocycles. The summed E-state index contributed by atoms with van der Waals surface area (Å²) in [6.45, 7) is 1.85. The average Bonchev–Trinajstić information content (AvgIpc) is 2.95. The summed E-state index contributed by atoms with van der Waals surface area (Å²) in [5.74, 6) is 1.17. The first-order valence-corrected chi connectivity index (χ1v) is 7.17. The van der Waals surface area contributed by atoms with E-state index in [0.717, 1.165) is 23.5 Å². The Labute approximate surface area is 119 Å². The Bertz CT molecular complexity index is 580. The van der Waals surface area contributed by atoms with E-state index in [1.165, 1.54) is 25.5 Å². The van der Waals surface area contributed by atoms with Crippen LogP contribution in [0.4, 0.5) is 5.69 Å². The Balaban J connectivity index is 1.99. The molecular formula is C16H20N2O2. The number of fused-ring (bicyclic) bond motifs is 3. The molecule has 2 aliphatic rings. The number of nitrogens with two attached hydrogens (primary N) is 1. The van der Waals surface area contributed by atoms with Gasteiger partial charge in [-0.25, -0.2) is 4.99 Å². The normalized spacial score (nSPS) is 25.4. The van der Waals surface area contributed by atoms with E-state index in [4.69, 9.17) is 10.5 Å². The second-order valence-electron chi connectivity index (χ2n) is 5.74. The molecule has 1 fully saturated rings. The van der Waals surface area contributed by atoms with Gasteiger partial charge in [-0.1, -0.05) is 18.6 Å². The number of carbonyl (C=O) groups excluding carboxylic acids is 1. The number of rotatable bonds is 2. The van der Waals surface area contributed by atoms with Crippen molar-refractivity contribution in [2.24, 2.45) is 16.6 Å². The van der Waals surface area contributed by atoms with Crippen molar-refractivity contribution in [3.05, 3.63) is 29.3 Å². The lowest BCUT2D eigenvalue weighted by atomic mass is 9.83. The summed E-state index contributed by atoms with van der Waals surface area (Å²) in [4.78, 5) is 16.2. The van der Waals surface area contributed by atoms with Crippen molar-refractivity contribution < 1.29 is 9.53 Å². The third kappa shape index (κ3) is 1.99. The highest BCUT2D eigenvalue weighted by Crippen LogP contribution is 2.47. The molecule has 3 rings (SSSR count). The van der Waals surface area contributed by atoms with Gasteiger partial charge in [0.05, 0.1) is 18.7 Å². The van der Waals surface area contributed by atoms with Crippen LogP contribution in [0.2, 0.25) is 0 Å². The lowest BCUT2D eigenvalue weighted by Gasteiger charge is -2.26. The molecule has 1 heterocycles. The number of aliphatic imine (C=N–C) groups is 1. The molecule has 4 nitrogen and oxygen atoms in total. The largest absolute Gasteiger partial charge is 0.469 e. The molecule has 3 unspecified atom stereocenters. The Morgan fingerprint density at radius 1 is 1.40 bits per heavy atom. The molecule has 4 heteroatoms. The smallest absolute Gasteiger partial charge is 0.312 e. The van der Waals surface area contributed by atoms with Crippen LogP contribution in [0.25, 0.3) is 0 Å². The van der Waals surface area contributed by atoms with Gasteiger partial charge in [0.1, 0.15) is 5.84 Å². The van der Waals surface area contributed by atoms with E-state index in [1.807, 2.05) is 19.1 Å². The van der Waals surface area contributed by atoms with Crippen LogP contribution >= 0.6 is 0 Å². The number of ether oxygens (including phenoxy) is 1. The highest BCUT2D eigenvalue weighted by atomic mass is 16.5. The van der Waals surface area contributed by atoms with E-state index >= 15 is 0 Å². The van der Waals surface area contributed by atoms with Crippen LogP contribution in [0.3, 0.4) is 0 Å². The summed E-state index contributed by atoms with van der Waals surface area (Å²) in [6.07, 6.45) is 3.53. The lowest BCUT2D eigenvalue weighted by Crippen LogP contribution is -2.28. The van der Waals surface area contributed by atoms with Crippen molar-refractivity contribution in [1.29, 1.82) is 0 Å². The summed E-state index contributed by atoms with van der Waals surface area (Å²) in [5.41, 5.74) is 9.25. The number of amidine groups is 1. The number of hydrogen-bond acceptors (Lipinski definition) is 4. The fraction of sp³-hybridized carbons (Fsp3) is 0.500. The van der Waals surface area contributed by atoms with E-state index in [-0.39, 0.29) is 11.9 Å². The van der Waals surface area contributed by atoms with Crippen LogP contribution in [-0.4, -0.2) is 18.9 Å². The Hall–Kier alpha value is -1.84. The number of esters is 1. The standard InChI is InChI=1S/C16H20N2O2/c1-9(16(19)20-2)10-6-7-12-11-4-3-5-13(11)15(17)18-14(12)8-10/h6-9,11,13H,3-5H2,1-2H3,(H2,17,18). The molecule has 2 N–H and O–H groups in total. The molecular weight excluding hydrogens is 252 g/mol. The van der Waals surface area contributed by atoms with E-state index in [9.17, 15) is 4.79 Å². The van der Waals surface area contributed by atoms with Gasteiger partial charge in [0.25, 0.3) is 0 Å². The zero-order valence-corrected chi connectivity index (χ0v) is 11.9. The van der Waals surface area contributed by atoms with E-state index in [0.29, 0.717) is 11.8 Å². The molecule has 0 spiro atoms. The van der Waals surface area contributed by atoms with Crippen molar-refractivity contribution in [2.45, 2.75) is 38.0 Å². The second kappa shape index (κ2) is 4.93. The maximum atomic E-state index is 11.6. The monoisotopic (exact) mass is 272 g/mol. The molecule has 0 aromatic heterocycles. The molecule has 1 aliphatic carbocycles. The summed E-state index contributed by atoms with van der Waals surface area (Å²) >= 11 is 0. The van der Waals surface area contributed by atoms with Crippen molar-refractivity contribution >= 4 is 17.5 Å². The fourth-order valence-corrected chi connectivity index (χ4v) is 3.46. The number of methoxy groups -OCH3 is 1. The predicted octanol–water partition coefficient (Wildman–Crippen LogP) is 2.85. The number of nitrogens with zero attached hydrogens (tertiary/aromatic N) is 1. The molecule has 0 bridgehead atoms. The third-order valence-corrected chi connectivity index (χ3v) is 4.65. The quantitative estimate of drug-likeness (QED) is 0.842. The Morgan fingerprint density at radius 2 is 2.15 bits per heavy atom. The van der Waals surface area contributed by atoms with Crippen LogP contribution < -0.4 is 5.73 Å². The maximum Gasteiger partial charge on any atom is 0.312 e. The number of hydrogen-bond donors (Lipinski definition) is 1. The molecule has 20 heavy (non-hydrogen) atoms. The maximum absolute atomic E-state index is 11.6. The van der Waals surface area contributed by atoms with Gasteiger partial charge in [-0.15, -0.1) is 0 Å². The van der Waals surface area contributed by atoms with Crippen LogP contribution in [0.5, 0.6) is 0 Å². The molecule has 0 saturated heterocycles. The van der Waals surface area contributed by atoms with Crippen molar-refractivity contribution in [3.8, 4) is 0 Å². The summed E-state index contributed by atoms with van der Waals surface area (Å²) in [6, 6.07) is 6.12. The van der Waals surface area contributed by atoms with Crippen LogP contribution in [0.15, 0.2) is 23.2 Å². The minimum Gasteiger partial charge on any atom is -0.469 e. The van der Waals surface area contributed by atoms with Crippen molar-refractivity contribution in [3.63, 3.8) is 0 Å². The topological polar surface area (TPSA) is 64.7 Å². The highest BCUT2D eigenvalue weighted by Gasteiger charge is 2.35. The molecule has 1 aromatic carbocycles. The van der Waals surface area contributed by atoms with Crippen LogP contribution in [0, 0.1) is 5.92 Å². The van der Waals surface area contributed by atoms with Gasteiger partial charge < -0.3 is 10.5 Å². The van der Waals surface area contributed by atoms with E-state index < -0.39 is 0 Å². The number of carbonyl (C=O) groups is 1. The minimum atomic E-state index is -0.275. The number of benzene rings is 1. The summed E-state index contributed by atoms with van der Waals surface area (Å²) in [5, 5.41) is 0. The third-order valence-electron chi connectivity index (χ3n) is 4.65. The van der Waals surface area contributed by atoms with Crippen LogP contribution in [0.1, 0.15) is 49.1 Å². The van der Waals surface area contributed by atoms with Gasteiger partial charge in [0.15, 0.2) is 0 Å². The molecule has 106 valence electrons. The Morgan fingerprint density at radius 3 is 2.90 bits per heavy atom. The van der Waals surface area contributed by atoms with Gasteiger partial charge >= 0.3 is 5.97 Å². The lowest BCUT2D eigenvalue weighted by molar-refractivity contribution is -0.141. The van der Waals surface area contributed by atoms with E-state index in [1.54, 1.807) is 0 Å². The molecule has 1 aromatic rings. The first-order valence-electron chi connectivity index (χ1n) is 7.17. The van der Waals surface area contributed by atoms with Gasteiger partial charge in [0.2, 0.25) is 0 Å². The van der Waals surface area contributed by atoms with Crippen molar-refractivity contribution in [1.82, 2.24) is 0 Å². The average molecular weight is 272 g/mol.